The number of benzene rings is 5. The Morgan fingerprint density at radius 1 is 0.674 bits per heavy atom. The Labute approximate surface area is 263 Å². The molecule has 5 rings (SSSR count). The molecule has 1 N–H and O–H groups in total. The Morgan fingerprint density at radius 3 is 1.93 bits per heavy atom. The topological polar surface area (TPSA) is 103 Å². The Bertz CT molecular complexity index is 1820. The summed E-state index contributed by atoms with van der Waals surface area (Å²) < 4.78 is 18.4. The van der Waals surface area contributed by atoms with Crippen molar-refractivity contribution in [3.05, 3.63) is 135 Å². The first kappa shape index (κ1) is 29.7. The molecule has 8 nitrogen and oxygen atoms in total. The van der Waals surface area contributed by atoms with Crippen LogP contribution in [0.5, 0.6) is 17.2 Å². The predicted octanol–water partition coefficient (Wildman–Crippen LogP) is 7.33. The van der Waals surface area contributed by atoms with Crippen molar-refractivity contribution < 1.29 is 28.6 Å². The molecule has 0 spiro atoms. The molecular weight excluding hydrogens is 680 g/mol. The van der Waals surface area contributed by atoms with Gasteiger partial charge in [-0.05, 0) is 95.2 Å². The van der Waals surface area contributed by atoms with Gasteiger partial charge in [-0.1, -0.05) is 62.2 Å². The summed E-state index contributed by atoms with van der Waals surface area (Å²) in [7, 11) is 0. The lowest BCUT2D eigenvalue weighted by Crippen LogP contribution is -2.24. The van der Waals surface area contributed by atoms with Crippen molar-refractivity contribution in [3.8, 4) is 17.2 Å². The smallest absolute Gasteiger partial charge is 0.343 e. The van der Waals surface area contributed by atoms with Gasteiger partial charge in [-0.2, -0.15) is 5.10 Å². The second-order valence-corrected chi connectivity index (χ2v) is 10.9. The van der Waals surface area contributed by atoms with Crippen LogP contribution < -0.4 is 19.6 Å². The van der Waals surface area contributed by atoms with Crippen molar-refractivity contribution in [2.45, 2.75) is 0 Å². The Balaban J connectivity index is 1.27. The van der Waals surface area contributed by atoms with Gasteiger partial charge in [0.05, 0.1) is 17.3 Å². The van der Waals surface area contributed by atoms with Crippen LogP contribution in [0.1, 0.15) is 26.3 Å². The minimum absolute atomic E-state index is 0.00621. The van der Waals surface area contributed by atoms with Crippen LogP contribution in [0, 0.1) is 0 Å². The average Bonchev–Trinajstić information content (AvgIpc) is 3.01. The third-order valence-electron chi connectivity index (χ3n) is 6.03. The quantitative estimate of drug-likeness (QED) is 0.0747. The molecule has 5 aromatic rings. The van der Waals surface area contributed by atoms with Gasteiger partial charge in [0.25, 0.3) is 5.91 Å². The van der Waals surface area contributed by atoms with E-state index in [1.54, 1.807) is 60.7 Å². The summed E-state index contributed by atoms with van der Waals surface area (Å²) in [5.74, 6) is -1.17. The second-order valence-electron chi connectivity index (χ2n) is 9.09. The monoisotopic (exact) mass is 700 g/mol. The zero-order valence-electron chi connectivity index (χ0n) is 22.3. The van der Waals surface area contributed by atoms with E-state index in [4.69, 9.17) is 14.2 Å². The van der Waals surface area contributed by atoms with Gasteiger partial charge in [0.15, 0.2) is 18.1 Å². The van der Waals surface area contributed by atoms with Crippen LogP contribution in [0.25, 0.3) is 10.8 Å². The number of fused-ring (bicyclic) bond motifs is 1. The molecule has 214 valence electrons. The van der Waals surface area contributed by atoms with Crippen molar-refractivity contribution >= 4 is 66.7 Å². The number of ether oxygens (including phenoxy) is 3. The van der Waals surface area contributed by atoms with Crippen molar-refractivity contribution in [3.63, 3.8) is 0 Å². The summed E-state index contributed by atoms with van der Waals surface area (Å²) in [5.41, 5.74) is 3.49. The van der Waals surface area contributed by atoms with E-state index in [2.05, 4.69) is 42.4 Å². The summed E-state index contributed by atoms with van der Waals surface area (Å²) in [6.07, 6.45) is 1.37. The van der Waals surface area contributed by atoms with Gasteiger partial charge < -0.3 is 14.2 Å². The van der Waals surface area contributed by atoms with Crippen LogP contribution in [0.2, 0.25) is 0 Å². The molecule has 0 aliphatic rings. The number of hydrazone groups is 1. The van der Waals surface area contributed by atoms with E-state index in [9.17, 15) is 14.4 Å². The molecule has 0 unspecified atom stereocenters. The zero-order chi connectivity index (χ0) is 30.2. The maximum atomic E-state index is 12.9. The lowest BCUT2D eigenvalue weighted by atomic mass is 10.1. The van der Waals surface area contributed by atoms with Gasteiger partial charge in [-0.25, -0.2) is 15.0 Å². The first-order valence-electron chi connectivity index (χ1n) is 12.9. The number of nitrogens with one attached hydrogen (secondary N) is 1. The molecule has 0 saturated heterocycles. The van der Waals surface area contributed by atoms with E-state index < -0.39 is 17.8 Å². The van der Waals surface area contributed by atoms with Crippen molar-refractivity contribution in [1.82, 2.24) is 5.43 Å². The minimum atomic E-state index is -0.651. The van der Waals surface area contributed by atoms with Crippen molar-refractivity contribution in [1.29, 1.82) is 0 Å². The van der Waals surface area contributed by atoms with E-state index in [-0.39, 0.29) is 18.1 Å². The largest absolute Gasteiger partial charge is 0.484 e. The molecule has 0 bridgehead atoms. The van der Waals surface area contributed by atoms with Crippen LogP contribution in [-0.4, -0.2) is 30.7 Å². The Hall–Kier alpha value is -4.80. The van der Waals surface area contributed by atoms with Gasteiger partial charge in [0.2, 0.25) is 0 Å². The van der Waals surface area contributed by atoms with Crippen molar-refractivity contribution in [2.24, 2.45) is 5.10 Å². The zero-order valence-corrected chi connectivity index (χ0v) is 25.5. The van der Waals surface area contributed by atoms with Gasteiger partial charge in [0, 0.05) is 8.95 Å². The van der Waals surface area contributed by atoms with Crippen LogP contribution in [0.3, 0.4) is 0 Å². The Kier molecular flexibility index (Phi) is 9.60. The SMILES string of the molecule is O=C(COc1ccc2ccccc2c1)N/N=C/c1ccc(OC(=O)c2ccc(Br)cc2)c(OC(=O)c2ccc(Br)cc2)c1. The van der Waals surface area contributed by atoms with Crippen LogP contribution in [0.15, 0.2) is 123 Å². The van der Waals surface area contributed by atoms with E-state index in [1.807, 2.05) is 36.4 Å². The third-order valence-corrected chi connectivity index (χ3v) is 7.08. The average molecular weight is 702 g/mol. The number of carbonyl (C=O) groups is 3. The number of carbonyl (C=O) groups excluding carboxylic acids is 3. The predicted molar refractivity (Wildman–Crippen MR) is 170 cm³/mol. The standard InChI is InChI=1S/C33H22Br2N2O6/c34-26-11-6-23(7-12-26)32(39)42-29-16-5-21(17-30(29)43-33(40)24-8-13-27(35)14-9-24)19-36-37-31(38)20-41-28-15-10-22-3-1-2-4-25(22)18-28/h1-19H,20H2,(H,37,38)/b36-19+. The molecule has 1 amide bonds. The van der Waals surface area contributed by atoms with Crippen LogP contribution >= 0.6 is 31.9 Å². The number of amides is 1. The lowest BCUT2D eigenvalue weighted by Gasteiger charge is -2.12. The summed E-state index contributed by atoms with van der Waals surface area (Å²) in [6, 6.07) is 31.2. The molecular formula is C33H22Br2N2O6. The molecule has 0 heterocycles. The molecule has 0 aliphatic heterocycles. The minimum Gasteiger partial charge on any atom is -0.484 e. The number of hydrogen-bond acceptors (Lipinski definition) is 7. The number of nitrogens with zero attached hydrogens (tertiary/aromatic N) is 1. The first-order chi connectivity index (χ1) is 20.8. The first-order valence-corrected chi connectivity index (χ1v) is 14.5. The van der Waals surface area contributed by atoms with Crippen LogP contribution in [-0.2, 0) is 4.79 Å². The van der Waals surface area contributed by atoms with Gasteiger partial charge in [-0.15, -0.1) is 0 Å². The van der Waals surface area contributed by atoms with E-state index in [0.717, 1.165) is 19.7 Å². The molecule has 10 heteroatoms. The molecule has 0 radical (unpaired) electrons. The number of hydrogen-bond donors (Lipinski definition) is 1. The maximum absolute atomic E-state index is 12.9. The van der Waals surface area contributed by atoms with Gasteiger partial charge in [0.1, 0.15) is 5.75 Å². The summed E-state index contributed by atoms with van der Waals surface area (Å²) >= 11 is 6.67. The normalized spacial score (nSPS) is 10.8. The fourth-order valence-electron chi connectivity index (χ4n) is 3.88. The summed E-state index contributed by atoms with van der Waals surface area (Å²) in [6.45, 7) is -0.239. The third kappa shape index (κ3) is 8.15. The highest BCUT2D eigenvalue weighted by molar-refractivity contribution is 9.10. The summed E-state index contributed by atoms with van der Waals surface area (Å²) in [5, 5.41) is 6.05. The molecule has 0 aliphatic carbocycles. The number of rotatable bonds is 9. The highest BCUT2D eigenvalue weighted by Gasteiger charge is 2.17. The van der Waals surface area contributed by atoms with E-state index >= 15 is 0 Å². The second kappa shape index (κ2) is 13.9. The Morgan fingerprint density at radius 2 is 1.28 bits per heavy atom. The molecule has 0 saturated carbocycles. The summed E-state index contributed by atoms with van der Waals surface area (Å²) in [4.78, 5) is 37.9. The molecule has 0 atom stereocenters. The van der Waals surface area contributed by atoms with Crippen LogP contribution in [0.4, 0.5) is 0 Å². The molecule has 43 heavy (non-hydrogen) atoms. The number of esters is 2. The van der Waals surface area contributed by atoms with Gasteiger partial charge in [-0.3, -0.25) is 4.79 Å². The van der Waals surface area contributed by atoms with Crippen molar-refractivity contribution in [2.75, 3.05) is 6.61 Å². The molecule has 0 fully saturated rings. The van der Waals surface area contributed by atoms with E-state index in [0.29, 0.717) is 22.4 Å². The highest BCUT2D eigenvalue weighted by Crippen LogP contribution is 2.30. The fraction of sp³-hybridized carbons (Fsp3) is 0.0303. The molecule has 5 aromatic carbocycles. The number of halogens is 2. The molecule has 0 aromatic heterocycles. The fourth-order valence-corrected chi connectivity index (χ4v) is 4.40. The highest BCUT2D eigenvalue weighted by atomic mass is 79.9. The van der Waals surface area contributed by atoms with Gasteiger partial charge >= 0.3 is 11.9 Å². The maximum Gasteiger partial charge on any atom is 0.343 e. The van der Waals surface area contributed by atoms with E-state index in [1.165, 1.54) is 18.3 Å². The lowest BCUT2D eigenvalue weighted by molar-refractivity contribution is -0.123.